The van der Waals surface area contributed by atoms with E-state index in [2.05, 4.69) is 19.1 Å². The van der Waals surface area contributed by atoms with E-state index in [1.54, 1.807) is 6.08 Å². The van der Waals surface area contributed by atoms with Crippen LogP contribution in [0.25, 0.3) is 0 Å². The lowest BCUT2D eigenvalue weighted by Crippen LogP contribution is -2.53. The van der Waals surface area contributed by atoms with Crippen LogP contribution in [0.1, 0.15) is 108 Å². The summed E-state index contributed by atoms with van der Waals surface area (Å²) >= 11 is 0. The lowest BCUT2D eigenvalue weighted by atomic mass is 9.59. The van der Waals surface area contributed by atoms with Gasteiger partial charge in [0.25, 0.3) is 11.8 Å². The van der Waals surface area contributed by atoms with Gasteiger partial charge in [-0.15, -0.1) is 0 Å². The minimum atomic E-state index is -0.614. The molecular formula is C32H48N2O4. The molecule has 1 N–H and O–H groups in total. The summed E-state index contributed by atoms with van der Waals surface area (Å²) in [5, 5.41) is 11.3. The Morgan fingerprint density at radius 2 is 1.32 bits per heavy atom. The van der Waals surface area contributed by atoms with E-state index in [4.69, 9.17) is 0 Å². The number of imide groups is 2. The number of allylic oxidation sites excluding steroid dienone is 1. The molecule has 1 aromatic carbocycles. The molecule has 6 heteroatoms. The maximum absolute atomic E-state index is 12.7. The lowest BCUT2D eigenvalue weighted by molar-refractivity contribution is -0.134. The molecular weight excluding hydrogens is 476 g/mol. The minimum absolute atomic E-state index is 0.0358. The van der Waals surface area contributed by atoms with E-state index >= 15 is 0 Å². The highest BCUT2D eigenvalue weighted by atomic mass is 16.3. The topological polar surface area (TPSA) is 77.9 Å². The molecule has 1 aliphatic carbocycles. The zero-order chi connectivity index (χ0) is 27.5. The molecule has 38 heavy (non-hydrogen) atoms. The summed E-state index contributed by atoms with van der Waals surface area (Å²) in [7, 11) is 2.80. The van der Waals surface area contributed by atoms with Gasteiger partial charge < -0.3 is 5.11 Å². The van der Waals surface area contributed by atoms with Crippen LogP contribution in [0.3, 0.4) is 0 Å². The molecule has 4 amide bonds. The fourth-order valence-electron chi connectivity index (χ4n) is 6.10. The number of carbonyl (C=O) groups is 3. The number of carbonyl (C=O) groups excluding carboxylic acids is 3. The van der Waals surface area contributed by atoms with Gasteiger partial charge in [-0.2, -0.15) is 0 Å². The molecule has 0 spiro atoms. The van der Waals surface area contributed by atoms with Crippen molar-refractivity contribution in [3.8, 4) is 0 Å². The zero-order valence-electron chi connectivity index (χ0n) is 23.7. The van der Waals surface area contributed by atoms with Gasteiger partial charge in [-0.25, -0.2) is 4.79 Å². The second-order valence-electron chi connectivity index (χ2n) is 11.3. The number of likely N-dealkylation sites (N-methyl/N-ethyl adjacent to an activating group) is 2. The van der Waals surface area contributed by atoms with Crippen molar-refractivity contribution >= 4 is 17.8 Å². The fourth-order valence-corrected chi connectivity index (χ4v) is 6.10. The number of nitrogens with zero attached hydrogens (tertiary/aromatic N) is 2. The minimum Gasteiger partial charge on any atom is -0.393 e. The SMILES string of the molecule is CCCCCCCCCCCCCC[C@@H](O)[C@@H]1C(c2ccccc2)C[C@H]1C=C1C(=O)N(C)C(=O)N(C)C1=O. The number of hydrogen-bond acceptors (Lipinski definition) is 4. The quantitative estimate of drug-likeness (QED) is 0.146. The van der Waals surface area contributed by atoms with Crippen LogP contribution >= 0.6 is 0 Å². The van der Waals surface area contributed by atoms with Crippen LogP contribution in [-0.2, 0) is 9.59 Å². The first-order chi connectivity index (χ1) is 18.4. The third kappa shape index (κ3) is 7.78. The molecule has 0 bridgehead atoms. The molecule has 2 aliphatic rings. The molecule has 210 valence electrons. The average Bonchev–Trinajstić information content (AvgIpc) is 2.91. The second kappa shape index (κ2) is 15.2. The molecule has 3 rings (SSSR count). The molecule has 1 saturated heterocycles. The highest BCUT2D eigenvalue weighted by Gasteiger charge is 2.46. The Morgan fingerprint density at radius 1 is 0.816 bits per heavy atom. The second-order valence-corrected chi connectivity index (χ2v) is 11.3. The highest BCUT2D eigenvalue weighted by molar-refractivity contribution is 6.28. The number of aliphatic hydroxyl groups is 1. The van der Waals surface area contributed by atoms with Gasteiger partial charge in [0.1, 0.15) is 5.57 Å². The predicted octanol–water partition coefficient (Wildman–Crippen LogP) is 6.84. The molecule has 0 radical (unpaired) electrons. The Hall–Kier alpha value is -2.47. The zero-order valence-corrected chi connectivity index (χ0v) is 23.7. The summed E-state index contributed by atoms with van der Waals surface area (Å²) in [5.74, 6) is -1.06. The Balaban J connectivity index is 1.50. The van der Waals surface area contributed by atoms with Crippen LogP contribution in [0.4, 0.5) is 4.79 Å². The third-order valence-electron chi connectivity index (χ3n) is 8.54. The smallest absolute Gasteiger partial charge is 0.333 e. The highest BCUT2D eigenvalue weighted by Crippen LogP contribution is 2.51. The van der Waals surface area contributed by atoms with Crippen LogP contribution in [0.2, 0.25) is 0 Å². The van der Waals surface area contributed by atoms with E-state index in [0.717, 1.165) is 35.5 Å². The summed E-state index contributed by atoms with van der Waals surface area (Å²) < 4.78 is 0. The van der Waals surface area contributed by atoms with Gasteiger partial charge in [0.2, 0.25) is 0 Å². The number of aliphatic hydroxyl groups excluding tert-OH is 1. The largest absolute Gasteiger partial charge is 0.393 e. The summed E-state index contributed by atoms with van der Waals surface area (Å²) in [6, 6.07) is 9.58. The number of amides is 4. The number of hydrogen-bond donors (Lipinski definition) is 1. The maximum Gasteiger partial charge on any atom is 0.333 e. The van der Waals surface area contributed by atoms with Crippen molar-refractivity contribution in [1.82, 2.24) is 9.80 Å². The molecule has 4 atom stereocenters. The van der Waals surface area contributed by atoms with Crippen molar-refractivity contribution in [2.75, 3.05) is 14.1 Å². The van der Waals surface area contributed by atoms with Crippen LogP contribution in [0.5, 0.6) is 0 Å². The number of urea groups is 1. The van der Waals surface area contributed by atoms with Gasteiger partial charge in [-0.3, -0.25) is 19.4 Å². The van der Waals surface area contributed by atoms with Crippen molar-refractivity contribution in [2.45, 2.75) is 109 Å². The molecule has 6 nitrogen and oxygen atoms in total. The van der Waals surface area contributed by atoms with E-state index < -0.39 is 23.9 Å². The van der Waals surface area contributed by atoms with Gasteiger partial charge in [0.05, 0.1) is 6.10 Å². The van der Waals surface area contributed by atoms with E-state index in [1.165, 1.54) is 83.9 Å². The van der Waals surface area contributed by atoms with Crippen LogP contribution < -0.4 is 0 Å². The number of unbranched alkanes of at least 4 members (excludes halogenated alkanes) is 11. The van der Waals surface area contributed by atoms with E-state index in [0.29, 0.717) is 0 Å². The normalized spacial score (nSPS) is 22.6. The van der Waals surface area contributed by atoms with Gasteiger partial charge in [-0.1, -0.05) is 120 Å². The van der Waals surface area contributed by atoms with Gasteiger partial charge >= 0.3 is 6.03 Å². The molecule has 1 saturated carbocycles. The van der Waals surface area contributed by atoms with Crippen molar-refractivity contribution < 1.29 is 19.5 Å². The molecule has 1 unspecified atom stereocenters. The van der Waals surface area contributed by atoms with Crippen molar-refractivity contribution in [2.24, 2.45) is 11.8 Å². The van der Waals surface area contributed by atoms with Crippen molar-refractivity contribution in [3.63, 3.8) is 0 Å². The number of rotatable bonds is 16. The summed E-state index contributed by atoms with van der Waals surface area (Å²) in [5.41, 5.74) is 1.22. The Kier molecular flexibility index (Phi) is 12.0. The van der Waals surface area contributed by atoms with Gasteiger partial charge in [0.15, 0.2) is 0 Å². The monoisotopic (exact) mass is 524 g/mol. The average molecular weight is 525 g/mol. The molecule has 1 aliphatic heterocycles. The van der Waals surface area contributed by atoms with E-state index in [-0.39, 0.29) is 23.3 Å². The molecule has 2 fully saturated rings. The van der Waals surface area contributed by atoms with Crippen molar-refractivity contribution in [3.05, 3.63) is 47.5 Å². The Morgan fingerprint density at radius 3 is 1.84 bits per heavy atom. The predicted molar refractivity (Wildman–Crippen MR) is 152 cm³/mol. The Labute approximate surface area is 229 Å². The standard InChI is InChI=1S/C32H48N2O4/c1-4-5-6-7-8-9-10-11-12-13-14-18-21-28(35)29-25(22-26(29)24-19-16-15-17-20-24)23-27-30(36)33(2)32(38)34(3)31(27)37/h15-17,19-20,23,25-26,28-29,35H,4-14,18,21-22H2,1-3H3/t25-,26?,28+,29-/m0/s1. The third-order valence-corrected chi connectivity index (χ3v) is 8.54. The summed E-state index contributed by atoms with van der Waals surface area (Å²) in [6.07, 6.45) is 18.1. The first-order valence-corrected chi connectivity index (χ1v) is 14.9. The lowest BCUT2D eigenvalue weighted by Gasteiger charge is -2.47. The first kappa shape index (κ1) is 30.1. The summed E-state index contributed by atoms with van der Waals surface area (Å²) in [4.78, 5) is 39.5. The number of barbiturate groups is 1. The van der Waals surface area contributed by atoms with Crippen LogP contribution in [-0.4, -0.2) is 53.0 Å². The molecule has 0 aromatic heterocycles. The van der Waals surface area contributed by atoms with Crippen LogP contribution in [0, 0.1) is 11.8 Å². The van der Waals surface area contributed by atoms with E-state index in [9.17, 15) is 19.5 Å². The maximum atomic E-state index is 12.7. The van der Waals surface area contributed by atoms with Crippen molar-refractivity contribution in [1.29, 1.82) is 0 Å². The Bertz CT molecular complexity index is 918. The summed E-state index contributed by atoms with van der Waals surface area (Å²) in [6.45, 7) is 2.26. The number of benzene rings is 1. The van der Waals surface area contributed by atoms with Crippen LogP contribution in [0.15, 0.2) is 42.0 Å². The fraction of sp³-hybridized carbons (Fsp3) is 0.656. The van der Waals surface area contributed by atoms with Gasteiger partial charge in [-0.05, 0) is 36.2 Å². The first-order valence-electron chi connectivity index (χ1n) is 14.9. The van der Waals surface area contributed by atoms with Gasteiger partial charge in [0, 0.05) is 14.1 Å². The molecule has 1 heterocycles. The van der Waals surface area contributed by atoms with E-state index in [1.807, 2.05) is 18.2 Å². The molecule has 1 aromatic rings.